The van der Waals surface area contributed by atoms with Gasteiger partial charge in [0.25, 0.3) is 0 Å². The lowest BCUT2D eigenvalue weighted by molar-refractivity contribution is 0.621. The Morgan fingerprint density at radius 3 is 2.94 bits per heavy atom. The van der Waals surface area contributed by atoms with Crippen LogP contribution in [0.1, 0.15) is 31.2 Å². The molecule has 2 N–H and O–H groups in total. The van der Waals surface area contributed by atoms with E-state index in [1.54, 1.807) is 6.20 Å². The van der Waals surface area contributed by atoms with Gasteiger partial charge in [-0.25, -0.2) is 0 Å². The number of hydrogen-bond donors (Lipinski definition) is 2. The van der Waals surface area contributed by atoms with E-state index in [9.17, 15) is 0 Å². The van der Waals surface area contributed by atoms with Crippen molar-refractivity contribution in [2.24, 2.45) is 0 Å². The summed E-state index contributed by atoms with van der Waals surface area (Å²) >= 11 is 5.25. The molecule has 0 amide bonds. The molecule has 1 aromatic heterocycles. The highest BCUT2D eigenvalue weighted by atomic mass is 32.1. The monoisotopic (exact) mass is 235 g/mol. The Bertz CT molecular complexity index is 333. The van der Waals surface area contributed by atoms with E-state index >= 15 is 0 Å². The van der Waals surface area contributed by atoms with Crippen molar-refractivity contribution in [2.75, 3.05) is 0 Å². The molecule has 0 atom stereocenters. The number of aromatic nitrogens is 1. The molecule has 0 bridgehead atoms. The van der Waals surface area contributed by atoms with Gasteiger partial charge in [0.1, 0.15) is 0 Å². The summed E-state index contributed by atoms with van der Waals surface area (Å²) in [6.45, 7) is 0.742. The van der Waals surface area contributed by atoms with Crippen LogP contribution in [0.15, 0.2) is 24.5 Å². The van der Waals surface area contributed by atoms with Crippen LogP contribution in [0.3, 0.4) is 0 Å². The highest BCUT2D eigenvalue weighted by molar-refractivity contribution is 7.80. The molecule has 1 heterocycles. The number of hydrogen-bond acceptors (Lipinski definition) is 2. The zero-order chi connectivity index (χ0) is 11.2. The van der Waals surface area contributed by atoms with Crippen LogP contribution in [0, 0.1) is 0 Å². The second-order valence-electron chi connectivity index (χ2n) is 4.17. The molecule has 1 aromatic rings. The lowest BCUT2D eigenvalue weighted by Crippen LogP contribution is -2.40. The summed E-state index contributed by atoms with van der Waals surface area (Å²) in [4.78, 5) is 4.06. The van der Waals surface area contributed by atoms with Gasteiger partial charge >= 0.3 is 0 Å². The second kappa shape index (κ2) is 5.80. The van der Waals surface area contributed by atoms with Crippen molar-refractivity contribution in [3.63, 3.8) is 0 Å². The van der Waals surface area contributed by atoms with Crippen molar-refractivity contribution >= 4 is 17.3 Å². The number of nitrogens with one attached hydrogen (secondary N) is 2. The number of nitrogens with zero attached hydrogens (tertiary/aromatic N) is 1. The summed E-state index contributed by atoms with van der Waals surface area (Å²) in [7, 11) is 0. The normalized spacial score (nSPS) is 16.0. The van der Waals surface area contributed by atoms with Crippen molar-refractivity contribution in [3.8, 4) is 0 Å². The van der Waals surface area contributed by atoms with E-state index in [1.165, 1.54) is 25.7 Å². The Hall–Kier alpha value is -1.16. The molecule has 1 fully saturated rings. The Morgan fingerprint density at radius 2 is 2.25 bits per heavy atom. The summed E-state index contributed by atoms with van der Waals surface area (Å²) < 4.78 is 0. The lowest BCUT2D eigenvalue weighted by Gasteiger charge is -2.15. The van der Waals surface area contributed by atoms with Gasteiger partial charge in [-0.05, 0) is 36.7 Å². The molecule has 0 spiro atoms. The Labute approximate surface area is 102 Å². The molecular formula is C12H17N3S. The Kier molecular flexibility index (Phi) is 4.10. The van der Waals surface area contributed by atoms with Crippen LogP contribution in [-0.2, 0) is 6.54 Å². The van der Waals surface area contributed by atoms with Gasteiger partial charge in [-0.2, -0.15) is 0 Å². The first-order valence-corrected chi connectivity index (χ1v) is 6.19. The van der Waals surface area contributed by atoms with Crippen LogP contribution in [-0.4, -0.2) is 16.1 Å². The van der Waals surface area contributed by atoms with E-state index in [0.29, 0.717) is 6.04 Å². The molecule has 16 heavy (non-hydrogen) atoms. The van der Waals surface area contributed by atoms with Gasteiger partial charge in [0.15, 0.2) is 5.11 Å². The number of rotatable bonds is 3. The average molecular weight is 235 g/mol. The Morgan fingerprint density at radius 1 is 1.44 bits per heavy atom. The third-order valence-electron chi connectivity index (χ3n) is 2.87. The largest absolute Gasteiger partial charge is 0.360 e. The topological polar surface area (TPSA) is 37.0 Å². The molecular weight excluding hydrogens is 218 g/mol. The SMILES string of the molecule is S=C(NCc1cccnc1)NC1CCCC1. The fourth-order valence-electron chi connectivity index (χ4n) is 1.99. The van der Waals surface area contributed by atoms with E-state index in [2.05, 4.69) is 15.6 Å². The third kappa shape index (κ3) is 3.45. The fourth-order valence-corrected chi connectivity index (χ4v) is 2.23. The van der Waals surface area contributed by atoms with Gasteiger partial charge in [-0.1, -0.05) is 18.9 Å². The van der Waals surface area contributed by atoms with Crippen LogP contribution in [0.4, 0.5) is 0 Å². The summed E-state index contributed by atoms with van der Waals surface area (Å²) in [5.74, 6) is 0. The smallest absolute Gasteiger partial charge is 0.166 e. The maximum absolute atomic E-state index is 5.25. The molecule has 0 saturated heterocycles. The van der Waals surface area contributed by atoms with Gasteiger partial charge in [-0.3, -0.25) is 4.98 Å². The minimum atomic E-state index is 0.578. The molecule has 0 unspecified atom stereocenters. The van der Waals surface area contributed by atoms with Crippen molar-refractivity contribution in [3.05, 3.63) is 30.1 Å². The fraction of sp³-hybridized carbons (Fsp3) is 0.500. The van der Waals surface area contributed by atoms with Gasteiger partial charge < -0.3 is 10.6 Å². The average Bonchev–Trinajstić information content (AvgIpc) is 2.81. The number of thiocarbonyl (C=S) groups is 1. The molecule has 2 rings (SSSR count). The molecule has 4 heteroatoms. The first-order valence-electron chi connectivity index (χ1n) is 5.78. The van der Waals surface area contributed by atoms with Crippen LogP contribution in [0.2, 0.25) is 0 Å². The van der Waals surface area contributed by atoms with Crippen molar-refractivity contribution in [1.82, 2.24) is 15.6 Å². The zero-order valence-corrected chi connectivity index (χ0v) is 10.1. The lowest BCUT2D eigenvalue weighted by atomic mass is 10.2. The van der Waals surface area contributed by atoms with Crippen molar-refractivity contribution in [1.29, 1.82) is 0 Å². The molecule has 0 radical (unpaired) electrons. The van der Waals surface area contributed by atoms with Gasteiger partial charge in [0.2, 0.25) is 0 Å². The van der Waals surface area contributed by atoms with Crippen molar-refractivity contribution in [2.45, 2.75) is 38.3 Å². The van der Waals surface area contributed by atoms with Gasteiger partial charge in [-0.15, -0.1) is 0 Å². The zero-order valence-electron chi connectivity index (χ0n) is 9.28. The molecule has 1 aliphatic rings. The second-order valence-corrected chi connectivity index (χ2v) is 4.58. The van der Waals surface area contributed by atoms with E-state index in [-0.39, 0.29) is 0 Å². The third-order valence-corrected chi connectivity index (χ3v) is 3.13. The minimum absolute atomic E-state index is 0.578. The Balaban J connectivity index is 1.71. The highest BCUT2D eigenvalue weighted by Crippen LogP contribution is 2.17. The molecule has 0 aromatic carbocycles. The predicted octanol–water partition coefficient (Wildman–Crippen LogP) is 1.99. The summed E-state index contributed by atoms with van der Waals surface area (Å²) in [6.07, 6.45) is 8.76. The first-order chi connectivity index (χ1) is 7.84. The predicted molar refractivity (Wildman–Crippen MR) is 69.1 cm³/mol. The molecule has 86 valence electrons. The van der Waals surface area contributed by atoms with Crippen LogP contribution >= 0.6 is 12.2 Å². The maximum atomic E-state index is 5.25. The quantitative estimate of drug-likeness (QED) is 0.786. The van der Waals surface area contributed by atoms with E-state index in [4.69, 9.17) is 12.2 Å². The van der Waals surface area contributed by atoms with Crippen LogP contribution < -0.4 is 10.6 Å². The molecule has 1 saturated carbocycles. The van der Waals surface area contributed by atoms with Crippen molar-refractivity contribution < 1.29 is 0 Å². The first kappa shape index (κ1) is 11.3. The number of pyridine rings is 1. The van der Waals surface area contributed by atoms with Crippen LogP contribution in [0.5, 0.6) is 0 Å². The maximum Gasteiger partial charge on any atom is 0.166 e. The van der Waals surface area contributed by atoms with E-state index < -0.39 is 0 Å². The molecule has 3 nitrogen and oxygen atoms in total. The highest BCUT2D eigenvalue weighted by Gasteiger charge is 2.14. The summed E-state index contributed by atoms with van der Waals surface area (Å²) in [6, 6.07) is 4.55. The van der Waals surface area contributed by atoms with E-state index in [1.807, 2.05) is 18.3 Å². The van der Waals surface area contributed by atoms with Gasteiger partial charge in [0, 0.05) is 25.0 Å². The minimum Gasteiger partial charge on any atom is -0.360 e. The van der Waals surface area contributed by atoms with Crippen LogP contribution in [0.25, 0.3) is 0 Å². The van der Waals surface area contributed by atoms with Gasteiger partial charge in [0.05, 0.1) is 0 Å². The molecule has 0 aliphatic heterocycles. The standard InChI is InChI=1S/C12H17N3S/c16-12(15-11-5-1-2-6-11)14-9-10-4-3-7-13-8-10/h3-4,7-8,11H,1-2,5-6,9H2,(H2,14,15,16). The molecule has 1 aliphatic carbocycles. The summed E-state index contributed by atoms with van der Waals surface area (Å²) in [5.41, 5.74) is 1.15. The summed E-state index contributed by atoms with van der Waals surface area (Å²) in [5, 5.41) is 7.32. The van der Waals surface area contributed by atoms with E-state index in [0.717, 1.165) is 17.2 Å².